The molecule has 1 aromatic rings. The topological polar surface area (TPSA) is 76.0 Å². The molecule has 5 nitrogen and oxygen atoms in total. The maximum atomic E-state index is 11.8. The summed E-state index contributed by atoms with van der Waals surface area (Å²) in [6.07, 6.45) is 3.79. The van der Waals surface area contributed by atoms with Gasteiger partial charge in [0.2, 0.25) is 0 Å². The van der Waals surface area contributed by atoms with E-state index in [1.54, 1.807) is 6.07 Å². The normalized spacial score (nSPS) is 17.5. The molecule has 1 aromatic carbocycles. The van der Waals surface area contributed by atoms with Gasteiger partial charge in [0.1, 0.15) is 5.75 Å². The molecule has 0 aromatic heterocycles. The number of ether oxygens (including phenoxy) is 2. The van der Waals surface area contributed by atoms with E-state index in [0.29, 0.717) is 29.9 Å². The Balaban J connectivity index is 2.56. The average Bonchev–Trinajstić information content (AvgIpc) is 2.47. The maximum absolute atomic E-state index is 11.8. The summed E-state index contributed by atoms with van der Waals surface area (Å²) in [5.74, 6) is -0.108. The number of benzene rings is 1. The summed E-state index contributed by atoms with van der Waals surface area (Å²) in [7, 11) is 2.97. The van der Waals surface area contributed by atoms with E-state index in [4.69, 9.17) is 9.47 Å². The van der Waals surface area contributed by atoms with Crippen LogP contribution in [-0.2, 0) is 10.2 Å². The minimum Gasteiger partial charge on any atom is -0.507 e. The minimum absolute atomic E-state index is 0.0491. The van der Waals surface area contributed by atoms with Gasteiger partial charge >= 0.3 is 5.97 Å². The Morgan fingerprint density at radius 2 is 1.65 bits per heavy atom. The first-order valence-corrected chi connectivity index (χ1v) is 6.74. The number of methoxy groups -OCH3 is 2. The molecule has 1 fully saturated rings. The number of aromatic hydroxyl groups is 1. The maximum Gasteiger partial charge on any atom is 0.314 e. The van der Waals surface area contributed by atoms with Crippen LogP contribution in [0.4, 0.5) is 0 Å². The summed E-state index contributed by atoms with van der Waals surface area (Å²) in [6.45, 7) is 0. The molecule has 0 atom stereocenters. The second kappa shape index (κ2) is 5.61. The standard InChI is InChI=1S/C15H20O5/c1-19-12-8-10(11(16)9-13(12)20-2)15(14(17)18)6-4-3-5-7-15/h8-9,16H,3-7H2,1-2H3,(H,17,18). The fraction of sp³-hybridized carbons (Fsp3) is 0.533. The molecule has 0 heterocycles. The Morgan fingerprint density at radius 1 is 1.10 bits per heavy atom. The van der Waals surface area contributed by atoms with Crippen molar-refractivity contribution in [1.29, 1.82) is 0 Å². The summed E-state index contributed by atoms with van der Waals surface area (Å²) in [4.78, 5) is 11.8. The Labute approximate surface area is 118 Å². The van der Waals surface area contributed by atoms with E-state index in [0.717, 1.165) is 19.3 Å². The zero-order valence-electron chi connectivity index (χ0n) is 11.8. The lowest BCUT2D eigenvalue weighted by Crippen LogP contribution is -2.37. The van der Waals surface area contributed by atoms with Crippen LogP contribution in [0.5, 0.6) is 17.2 Å². The molecule has 2 rings (SSSR count). The van der Waals surface area contributed by atoms with E-state index in [1.165, 1.54) is 20.3 Å². The first kappa shape index (κ1) is 14.5. The summed E-state index contributed by atoms with van der Waals surface area (Å²) in [6, 6.07) is 3.01. The lowest BCUT2D eigenvalue weighted by Gasteiger charge is -2.34. The minimum atomic E-state index is -1.03. The van der Waals surface area contributed by atoms with Gasteiger partial charge in [-0.15, -0.1) is 0 Å². The van der Waals surface area contributed by atoms with Gasteiger partial charge in [0.15, 0.2) is 11.5 Å². The van der Waals surface area contributed by atoms with Gasteiger partial charge in [0, 0.05) is 11.6 Å². The molecule has 0 unspecified atom stereocenters. The molecule has 2 N–H and O–H groups in total. The lowest BCUT2D eigenvalue weighted by atomic mass is 9.69. The number of hydrogen-bond donors (Lipinski definition) is 2. The van der Waals surface area contributed by atoms with E-state index >= 15 is 0 Å². The number of phenolic OH excluding ortho intramolecular Hbond substituents is 1. The molecule has 0 saturated heterocycles. The summed E-state index contributed by atoms with van der Waals surface area (Å²) in [5, 5.41) is 19.9. The Kier molecular flexibility index (Phi) is 4.06. The summed E-state index contributed by atoms with van der Waals surface area (Å²) in [5.41, 5.74) is -0.607. The smallest absolute Gasteiger partial charge is 0.314 e. The van der Waals surface area contributed by atoms with Gasteiger partial charge in [0.25, 0.3) is 0 Å². The van der Waals surface area contributed by atoms with E-state index in [9.17, 15) is 15.0 Å². The Hall–Kier alpha value is -1.91. The van der Waals surface area contributed by atoms with Gasteiger partial charge < -0.3 is 19.7 Å². The SMILES string of the molecule is COc1cc(O)c(C2(C(=O)O)CCCCC2)cc1OC. The quantitative estimate of drug-likeness (QED) is 0.886. The van der Waals surface area contributed by atoms with E-state index < -0.39 is 11.4 Å². The van der Waals surface area contributed by atoms with Crippen LogP contribution in [0.3, 0.4) is 0 Å². The lowest BCUT2D eigenvalue weighted by molar-refractivity contribution is -0.145. The molecule has 1 aliphatic rings. The number of aliphatic carboxylic acids is 1. The van der Waals surface area contributed by atoms with Gasteiger partial charge in [-0.2, -0.15) is 0 Å². The Morgan fingerprint density at radius 3 is 2.15 bits per heavy atom. The van der Waals surface area contributed by atoms with Crippen molar-refractivity contribution in [1.82, 2.24) is 0 Å². The van der Waals surface area contributed by atoms with Crippen LogP contribution >= 0.6 is 0 Å². The third kappa shape index (κ3) is 2.28. The molecular formula is C15H20O5. The van der Waals surface area contributed by atoms with Gasteiger partial charge in [-0.1, -0.05) is 19.3 Å². The first-order valence-electron chi connectivity index (χ1n) is 6.74. The van der Waals surface area contributed by atoms with E-state index in [2.05, 4.69) is 0 Å². The van der Waals surface area contributed by atoms with Crippen molar-refractivity contribution in [3.05, 3.63) is 17.7 Å². The van der Waals surface area contributed by atoms with Crippen molar-refractivity contribution < 1.29 is 24.5 Å². The van der Waals surface area contributed by atoms with Crippen molar-refractivity contribution in [3.8, 4) is 17.2 Å². The molecule has 0 aliphatic heterocycles. The van der Waals surface area contributed by atoms with Crippen molar-refractivity contribution in [2.75, 3.05) is 14.2 Å². The fourth-order valence-corrected chi connectivity index (χ4v) is 3.01. The van der Waals surface area contributed by atoms with Crippen LogP contribution < -0.4 is 9.47 Å². The van der Waals surface area contributed by atoms with Crippen LogP contribution in [0.2, 0.25) is 0 Å². The van der Waals surface area contributed by atoms with Crippen LogP contribution in [0.25, 0.3) is 0 Å². The first-order chi connectivity index (χ1) is 9.55. The van der Waals surface area contributed by atoms with Crippen molar-refractivity contribution >= 4 is 5.97 Å². The summed E-state index contributed by atoms with van der Waals surface area (Å²) >= 11 is 0. The molecule has 1 aliphatic carbocycles. The van der Waals surface area contributed by atoms with Crippen molar-refractivity contribution in [3.63, 3.8) is 0 Å². The highest BCUT2D eigenvalue weighted by Crippen LogP contribution is 2.46. The van der Waals surface area contributed by atoms with Crippen LogP contribution in [0.1, 0.15) is 37.7 Å². The predicted octanol–water partition coefficient (Wildman–Crippen LogP) is 2.70. The second-order valence-electron chi connectivity index (χ2n) is 5.17. The average molecular weight is 280 g/mol. The van der Waals surface area contributed by atoms with Gasteiger partial charge in [0.05, 0.1) is 19.6 Å². The molecule has 0 bridgehead atoms. The fourth-order valence-electron chi connectivity index (χ4n) is 3.01. The highest BCUT2D eigenvalue weighted by Gasteiger charge is 2.43. The predicted molar refractivity (Wildman–Crippen MR) is 73.6 cm³/mol. The molecule has 110 valence electrons. The molecule has 0 spiro atoms. The number of carbonyl (C=O) groups is 1. The number of hydrogen-bond acceptors (Lipinski definition) is 4. The van der Waals surface area contributed by atoms with Gasteiger partial charge in [-0.05, 0) is 18.9 Å². The van der Waals surface area contributed by atoms with Crippen molar-refractivity contribution in [2.24, 2.45) is 0 Å². The van der Waals surface area contributed by atoms with Crippen molar-refractivity contribution in [2.45, 2.75) is 37.5 Å². The number of carboxylic acids is 1. The largest absolute Gasteiger partial charge is 0.507 e. The second-order valence-corrected chi connectivity index (χ2v) is 5.17. The highest BCUT2D eigenvalue weighted by molar-refractivity contribution is 5.83. The van der Waals surface area contributed by atoms with E-state index in [-0.39, 0.29) is 5.75 Å². The molecule has 1 saturated carbocycles. The van der Waals surface area contributed by atoms with Gasteiger partial charge in [-0.3, -0.25) is 4.79 Å². The number of phenols is 1. The number of carboxylic acid groups (broad SMARTS) is 1. The van der Waals surface area contributed by atoms with Crippen LogP contribution in [0, 0.1) is 0 Å². The van der Waals surface area contributed by atoms with Crippen LogP contribution in [0.15, 0.2) is 12.1 Å². The number of rotatable bonds is 4. The molecule has 0 radical (unpaired) electrons. The third-order valence-electron chi connectivity index (χ3n) is 4.13. The highest BCUT2D eigenvalue weighted by atomic mass is 16.5. The monoisotopic (exact) mass is 280 g/mol. The van der Waals surface area contributed by atoms with E-state index in [1.807, 2.05) is 0 Å². The molecular weight excluding hydrogens is 260 g/mol. The van der Waals surface area contributed by atoms with Gasteiger partial charge in [-0.25, -0.2) is 0 Å². The summed E-state index contributed by atoms with van der Waals surface area (Å²) < 4.78 is 10.3. The third-order valence-corrected chi connectivity index (χ3v) is 4.13. The zero-order valence-corrected chi connectivity index (χ0v) is 11.8. The molecule has 5 heteroatoms. The zero-order chi connectivity index (χ0) is 14.8. The molecule has 20 heavy (non-hydrogen) atoms. The Bertz CT molecular complexity index is 503. The van der Waals surface area contributed by atoms with Crippen LogP contribution in [-0.4, -0.2) is 30.4 Å². The molecule has 0 amide bonds.